The summed E-state index contributed by atoms with van der Waals surface area (Å²) in [5.41, 5.74) is 0. The standard InChI is InChI=1S/C9H14O9/c1-2(7(13)14)17-9-5(12)3(10)4(11)6(18-9)8(15)16/h2-6,9-12H,1H3,(H,13,14)(H,15,16)/t2?,3?,4-,5?,6?,9+/m1/s1. The van der Waals surface area contributed by atoms with Gasteiger partial charge in [0.1, 0.15) is 18.3 Å². The van der Waals surface area contributed by atoms with Crippen LogP contribution < -0.4 is 0 Å². The topological polar surface area (TPSA) is 154 Å². The van der Waals surface area contributed by atoms with E-state index in [2.05, 4.69) is 0 Å². The van der Waals surface area contributed by atoms with Gasteiger partial charge < -0.3 is 35.0 Å². The molecule has 0 radical (unpaired) electrons. The van der Waals surface area contributed by atoms with Gasteiger partial charge in [0.05, 0.1) is 0 Å². The number of ether oxygens (including phenoxy) is 2. The molecule has 1 rings (SSSR count). The lowest BCUT2D eigenvalue weighted by Crippen LogP contribution is -2.61. The second kappa shape index (κ2) is 5.59. The average Bonchev–Trinajstić information content (AvgIpc) is 2.29. The lowest BCUT2D eigenvalue weighted by Gasteiger charge is -2.38. The maximum Gasteiger partial charge on any atom is 0.335 e. The lowest BCUT2D eigenvalue weighted by molar-refractivity contribution is -0.301. The van der Waals surface area contributed by atoms with Crippen LogP contribution in [-0.4, -0.2) is 74.3 Å². The number of rotatable bonds is 4. The van der Waals surface area contributed by atoms with E-state index < -0.39 is 48.7 Å². The molecule has 0 spiro atoms. The first kappa shape index (κ1) is 14.8. The summed E-state index contributed by atoms with van der Waals surface area (Å²) in [7, 11) is 0. The third-order valence-corrected chi connectivity index (χ3v) is 2.50. The van der Waals surface area contributed by atoms with Gasteiger partial charge in [-0.25, -0.2) is 9.59 Å². The van der Waals surface area contributed by atoms with Gasteiger partial charge in [0, 0.05) is 0 Å². The first-order chi connectivity index (χ1) is 8.25. The number of carboxylic acid groups (broad SMARTS) is 2. The van der Waals surface area contributed by atoms with Crippen molar-refractivity contribution in [3.63, 3.8) is 0 Å². The number of carboxylic acids is 2. The second-order valence-electron chi connectivity index (χ2n) is 3.85. The molecule has 1 aliphatic heterocycles. The second-order valence-corrected chi connectivity index (χ2v) is 3.85. The zero-order valence-electron chi connectivity index (χ0n) is 9.33. The molecule has 104 valence electrons. The number of carbonyl (C=O) groups is 2. The first-order valence-corrected chi connectivity index (χ1v) is 5.06. The lowest BCUT2D eigenvalue weighted by atomic mass is 9.99. The molecule has 0 bridgehead atoms. The van der Waals surface area contributed by atoms with Crippen LogP contribution in [0.3, 0.4) is 0 Å². The molecule has 0 aromatic heterocycles. The molecule has 1 heterocycles. The first-order valence-electron chi connectivity index (χ1n) is 5.06. The Labute approximate surface area is 101 Å². The number of aliphatic carboxylic acids is 2. The number of hydrogen-bond donors (Lipinski definition) is 5. The van der Waals surface area contributed by atoms with E-state index in [4.69, 9.17) is 19.7 Å². The van der Waals surface area contributed by atoms with Gasteiger partial charge in [-0.05, 0) is 6.92 Å². The Bertz CT molecular complexity index is 330. The van der Waals surface area contributed by atoms with E-state index in [9.17, 15) is 24.9 Å². The summed E-state index contributed by atoms with van der Waals surface area (Å²) in [6, 6.07) is 0. The maximum absolute atomic E-state index is 10.7. The van der Waals surface area contributed by atoms with Crippen molar-refractivity contribution in [3.8, 4) is 0 Å². The van der Waals surface area contributed by atoms with Crippen LogP contribution in [-0.2, 0) is 19.1 Å². The summed E-state index contributed by atoms with van der Waals surface area (Å²) in [6.07, 6.45) is -10.2. The summed E-state index contributed by atoms with van der Waals surface area (Å²) < 4.78 is 9.48. The van der Waals surface area contributed by atoms with Crippen molar-refractivity contribution in [2.24, 2.45) is 0 Å². The predicted octanol–water partition coefficient (Wildman–Crippen LogP) is -2.63. The minimum Gasteiger partial charge on any atom is -0.479 e. The normalized spacial score (nSPS) is 38.1. The fourth-order valence-corrected chi connectivity index (χ4v) is 1.42. The summed E-state index contributed by atoms with van der Waals surface area (Å²) in [4.78, 5) is 21.3. The van der Waals surface area contributed by atoms with Crippen LogP contribution in [0.5, 0.6) is 0 Å². The molecule has 0 aromatic rings. The molecular weight excluding hydrogens is 252 g/mol. The Hall–Kier alpha value is -1.26. The monoisotopic (exact) mass is 266 g/mol. The highest BCUT2D eigenvalue weighted by Gasteiger charge is 2.48. The molecule has 9 heteroatoms. The molecule has 0 aliphatic carbocycles. The Morgan fingerprint density at radius 3 is 2.11 bits per heavy atom. The van der Waals surface area contributed by atoms with Crippen LogP contribution in [0.2, 0.25) is 0 Å². The van der Waals surface area contributed by atoms with Crippen molar-refractivity contribution in [1.82, 2.24) is 0 Å². The van der Waals surface area contributed by atoms with E-state index in [1.54, 1.807) is 0 Å². The highest BCUT2D eigenvalue weighted by molar-refractivity contribution is 5.73. The Morgan fingerprint density at radius 2 is 1.67 bits per heavy atom. The van der Waals surface area contributed by atoms with Crippen LogP contribution in [0.1, 0.15) is 6.92 Å². The van der Waals surface area contributed by atoms with Gasteiger partial charge in [-0.2, -0.15) is 0 Å². The van der Waals surface area contributed by atoms with Crippen molar-refractivity contribution in [2.75, 3.05) is 0 Å². The Balaban J connectivity index is 2.79. The molecule has 5 N–H and O–H groups in total. The molecule has 18 heavy (non-hydrogen) atoms. The zero-order chi connectivity index (χ0) is 14.0. The van der Waals surface area contributed by atoms with E-state index in [0.717, 1.165) is 6.92 Å². The van der Waals surface area contributed by atoms with E-state index in [0.29, 0.717) is 0 Å². The summed E-state index contributed by atoms with van der Waals surface area (Å²) in [6.45, 7) is 1.14. The molecule has 0 saturated carbocycles. The average molecular weight is 266 g/mol. The fourth-order valence-electron chi connectivity index (χ4n) is 1.42. The highest BCUT2D eigenvalue weighted by Crippen LogP contribution is 2.23. The highest BCUT2D eigenvalue weighted by atomic mass is 16.7. The smallest absolute Gasteiger partial charge is 0.335 e. The molecular formula is C9H14O9. The Kier molecular flexibility index (Phi) is 4.59. The van der Waals surface area contributed by atoms with Gasteiger partial charge >= 0.3 is 11.9 Å². The molecule has 0 aromatic carbocycles. The largest absolute Gasteiger partial charge is 0.479 e. The van der Waals surface area contributed by atoms with Crippen molar-refractivity contribution in [1.29, 1.82) is 0 Å². The molecule has 6 atom stereocenters. The summed E-state index contributed by atoms with van der Waals surface area (Å²) in [5.74, 6) is -2.91. The van der Waals surface area contributed by atoms with Crippen LogP contribution in [0, 0.1) is 0 Å². The van der Waals surface area contributed by atoms with Gasteiger partial charge in [0.25, 0.3) is 0 Å². The minimum absolute atomic E-state index is 1.14. The van der Waals surface area contributed by atoms with Crippen molar-refractivity contribution >= 4 is 11.9 Å². The van der Waals surface area contributed by atoms with Crippen LogP contribution >= 0.6 is 0 Å². The summed E-state index contributed by atoms with van der Waals surface area (Å²) in [5, 5.41) is 45.6. The fraction of sp³-hybridized carbons (Fsp3) is 0.778. The van der Waals surface area contributed by atoms with E-state index >= 15 is 0 Å². The summed E-state index contributed by atoms with van der Waals surface area (Å²) >= 11 is 0. The molecule has 9 nitrogen and oxygen atoms in total. The zero-order valence-corrected chi connectivity index (χ0v) is 9.33. The molecule has 1 saturated heterocycles. The molecule has 1 aliphatic rings. The van der Waals surface area contributed by atoms with Gasteiger partial charge in [0.15, 0.2) is 18.5 Å². The van der Waals surface area contributed by atoms with Crippen LogP contribution in [0.4, 0.5) is 0 Å². The minimum atomic E-state index is -1.84. The molecule has 4 unspecified atom stereocenters. The number of aliphatic hydroxyl groups is 3. The van der Waals surface area contributed by atoms with Gasteiger partial charge in [-0.15, -0.1) is 0 Å². The van der Waals surface area contributed by atoms with Gasteiger partial charge in [0.2, 0.25) is 0 Å². The van der Waals surface area contributed by atoms with Crippen molar-refractivity contribution in [3.05, 3.63) is 0 Å². The third-order valence-electron chi connectivity index (χ3n) is 2.50. The number of aliphatic hydroxyl groups excluding tert-OH is 3. The third kappa shape index (κ3) is 2.94. The van der Waals surface area contributed by atoms with Crippen molar-refractivity contribution < 1.29 is 44.6 Å². The van der Waals surface area contributed by atoms with E-state index in [-0.39, 0.29) is 0 Å². The predicted molar refractivity (Wildman–Crippen MR) is 52.5 cm³/mol. The van der Waals surface area contributed by atoms with Crippen LogP contribution in [0.25, 0.3) is 0 Å². The van der Waals surface area contributed by atoms with Gasteiger partial charge in [-0.1, -0.05) is 0 Å². The van der Waals surface area contributed by atoms with E-state index in [1.807, 2.05) is 0 Å². The molecule has 1 fully saturated rings. The van der Waals surface area contributed by atoms with E-state index in [1.165, 1.54) is 0 Å². The maximum atomic E-state index is 10.7. The van der Waals surface area contributed by atoms with Crippen molar-refractivity contribution in [2.45, 2.75) is 43.7 Å². The Morgan fingerprint density at radius 1 is 1.11 bits per heavy atom. The van der Waals surface area contributed by atoms with Crippen LogP contribution in [0.15, 0.2) is 0 Å². The molecule has 0 amide bonds. The SMILES string of the molecule is CC(O[C@H]1OC(C(=O)O)[C@H](O)C(O)C1O)C(=O)O. The van der Waals surface area contributed by atoms with Gasteiger partial charge in [-0.3, -0.25) is 0 Å². The quantitative estimate of drug-likeness (QED) is 0.367. The number of hydrogen-bond acceptors (Lipinski definition) is 7.